The summed E-state index contributed by atoms with van der Waals surface area (Å²) >= 11 is 0. The Morgan fingerprint density at radius 3 is 2.90 bits per heavy atom. The van der Waals surface area contributed by atoms with Crippen LogP contribution in [0.4, 0.5) is 4.39 Å². The van der Waals surface area contributed by atoms with Gasteiger partial charge in [-0.3, -0.25) is 4.90 Å². The van der Waals surface area contributed by atoms with Crippen LogP contribution in [0.1, 0.15) is 37.8 Å². The van der Waals surface area contributed by atoms with E-state index in [0.717, 1.165) is 24.7 Å². The highest BCUT2D eigenvalue weighted by Gasteiger charge is 2.22. The fourth-order valence-electron chi connectivity index (χ4n) is 2.82. The van der Waals surface area contributed by atoms with E-state index >= 15 is 0 Å². The fraction of sp³-hybridized carbons (Fsp3) is 0.471. The van der Waals surface area contributed by atoms with E-state index < -0.39 is 11.8 Å². The molecule has 1 aromatic rings. The predicted molar refractivity (Wildman–Crippen MR) is 81.3 cm³/mol. The van der Waals surface area contributed by atoms with Gasteiger partial charge in [-0.15, -0.1) is 0 Å². The molecular formula is C17H22FNO2. The van der Waals surface area contributed by atoms with Crippen LogP contribution in [0.25, 0.3) is 6.08 Å². The molecule has 1 heterocycles. The minimum absolute atomic E-state index is 0.326. The maximum absolute atomic E-state index is 13.7. The van der Waals surface area contributed by atoms with Gasteiger partial charge in [0.25, 0.3) is 0 Å². The number of hydrogen-bond donors (Lipinski definition) is 1. The topological polar surface area (TPSA) is 40.5 Å². The number of hydrogen-bond acceptors (Lipinski definition) is 2. The van der Waals surface area contributed by atoms with Crippen molar-refractivity contribution < 1.29 is 14.3 Å². The van der Waals surface area contributed by atoms with Gasteiger partial charge in [0, 0.05) is 30.8 Å². The molecule has 0 aromatic heterocycles. The molecule has 3 nitrogen and oxygen atoms in total. The molecule has 0 radical (unpaired) electrons. The first-order valence-electron chi connectivity index (χ1n) is 7.39. The number of halogens is 1. The molecule has 1 aromatic carbocycles. The molecule has 0 amide bonds. The van der Waals surface area contributed by atoms with Gasteiger partial charge in [-0.1, -0.05) is 13.0 Å². The van der Waals surface area contributed by atoms with E-state index in [1.807, 2.05) is 0 Å². The largest absolute Gasteiger partial charge is 0.478 e. The molecule has 21 heavy (non-hydrogen) atoms. The average Bonchev–Trinajstić information content (AvgIpc) is 2.43. The van der Waals surface area contributed by atoms with Crippen molar-refractivity contribution in [2.45, 2.75) is 39.3 Å². The molecule has 1 fully saturated rings. The summed E-state index contributed by atoms with van der Waals surface area (Å²) in [5, 5.41) is 8.64. The molecule has 1 saturated heterocycles. The number of likely N-dealkylation sites (tertiary alicyclic amines) is 1. The van der Waals surface area contributed by atoms with E-state index in [4.69, 9.17) is 5.11 Å². The summed E-state index contributed by atoms with van der Waals surface area (Å²) in [5.74, 6) is -0.775. The summed E-state index contributed by atoms with van der Waals surface area (Å²) in [6.45, 7) is 6.31. The smallest absolute Gasteiger partial charge is 0.328 e. The summed E-state index contributed by atoms with van der Waals surface area (Å²) in [5.41, 5.74) is 1.34. The third-order valence-corrected chi connectivity index (χ3v) is 4.10. The molecule has 2 rings (SSSR count). The predicted octanol–water partition coefficient (Wildman–Crippen LogP) is 3.54. The SMILES string of the molecule is CC1CCC(C)N(Cc2ccc(F)c(C=CC(=O)O)c2)C1. The Kier molecular flexibility index (Phi) is 5.12. The van der Waals surface area contributed by atoms with Crippen LogP contribution in [-0.2, 0) is 11.3 Å². The molecule has 1 N–H and O–H groups in total. The number of carbonyl (C=O) groups is 1. The molecular weight excluding hydrogens is 269 g/mol. The van der Waals surface area contributed by atoms with Crippen molar-refractivity contribution in [1.82, 2.24) is 4.90 Å². The molecule has 114 valence electrons. The Labute approximate surface area is 125 Å². The number of rotatable bonds is 4. The van der Waals surface area contributed by atoms with Crippen LogP contribution in [0.15, 0.2) is 24.3 Å². The highest BCUT2D eigenvalue weighted by atomic mass is 19.1. The van der Waals surface area contributed by atoms with E-state index in [9.17, 15) is 9.18 Å². The normalized spacial score (nSPS) is 23.6. The van der Waals surface area contributed by atoms with Crippen molar-refractivity contribution in [1.29, 1.82) is 0 Å². The second-order valence-electron chi connectivity index (χ2n) is 5.99. The van der Waals surface area contributed by atoms with Crippen molar-refractivity contribution in [3.05, 3.63) is 41.2 Å². The van der Waals surface area contributed by atoms with E-state index in [-0.39, 0.29) is 0 Å². The zero-order valence-corrected chi connectivity index (χ0v) is 12.6. The quantitative estimate of drug-likeness (QED) is 0.863. The summed E-state index contributed by atoms with van der Waals surface area (Å²) in [4.78, 5) is 13.0. The van der Waals surface area contributed by atoms with Crippen molar-refractivity contribution in [2.75, 3.05) is 6.54 Å². The van der Waals surface area contributed by atoms with Gasteiger partial charge in [-0.05, 0) is 49.5 Å². The summed E-state index contributed by atoms with van der Waals surface area (Å²) < 4.78 is 13.7. The van der Waals surface area contributed by atoms with Crippen molar-refractivity contribution in [3.8, 4) is 0 Å². The third-order valence-electron chi connectivity index (χ3n) is 4.10. The summed E-state index contributed by atoms with van der Waals surface area (Å²) in [6.07, 6.45) is 4.72. The monoisotopic (exact) mass is 291 g/mol. The second kappa shape index (κ2) is 6.85. The molecule has 2 atom stereocenters. The standard InChI is InChI=1S/C17H22FNO2/c1-12-3-4-13(2)19(10-12)11-14-5-7-16(18)15(9-14)6-8-17(20)21/h5-9,12-13H,3-4,10-11H2,1-2H3,(H,20,21). The zero-order chi connectivity index (χ0) is 15.4. The first-order valence-corrected chi connectivity index (χ1v) is 7.39. The van der Waals surface area contributed by atoms with E-state index in [1.165, 1.54) is 25.0 Å². The van der Waals surface area contributed by atoms with Crippen LogP contribution < -0.4 is 0 Å². The molecule has 4 heteroatoms. The average molecular weight is 291 g/mol. The van der Waals surface area contributed by atoms with E-state index in [0.29, 0.717) is 17.5 Å². The highest BCUT2D eigenvalue weighted by molar-refractivity contribution is 5.85. The van der Waals surface area contributed by atoms with E-state index in [1.54, 1.807) is 12.1 Å². The van der Waals surface area contributed by atoms with Gasteiger partial charge in [0.15, 0.2) is 0 Å². The first-order chi connectivity index (χ1) is 9.95. The Morgan fingerprint density at radius 1 is 1.43 bits per heavy atom. The lowest BCUT2D eigenvalue weighted by atomic mass is 9.94. The zero-order valence-electron chi connectivity index (χ0n) is 12.6. The third kappa shape index (κ3) is 4.39. The molecule has 1 aliphatic heterocycles. The fourth-order valence-corrected chi connectivity index (χ4v) is 2.82. The van der Waals surface area contributed by atoms with Crippen LogP contribution in [0, 0.1) is 11.7 Å². The van der Waals surface area contributed by atoms with Gasteiger partial charge >= 0.3 is 5.97 Å². The minimum Gasteiger partial charge on any atom is -0.478 e. The summed E-state index contributed by atoms with van der Waals surface area (Å²) in [7, 11) is 0. The van der Waals surface area contributed by atoms with Crippen molar-refractivity contribution in [2.24, 2.45) is 5.92 Å². The lowest BCUT2D eigenvalue weighted by Crippen LogP contribution is -2.40. The maximum atomic E-state index is 13.7. The van der Waals surface area contributed by atoms with Crippen molar-refractivity contribution in [3.63, 3.8) is 0 Å². The number of carboxylic acid groups (broad SMARTS) is 1. The molecule has 1 aliphatic rings. The Balaban J connectivity index is 2.13. The molecule has 0 aliphatic carbocycles. The lowest BCUT2D eigenvalue weighted by molar-refractivity contribution is -0.131. The Hall–Kier alpha value is -1.68. The van der Waals surface area contributed by atoms with E-state index in [2.05, 4.69) is 18.7 Å². The van der Waals surface area contributed by atoms with Crippen LogP contribution >= 0.6 is 0 Å². The number of benzene rings is 1. The van der Waals surface area contributed by atoms with Gasteiger partial charge in [-0.2, -0.15) is 0 Å². The number of carboxylic acids is 1. The summed E-state index contributed by atoms with van der Waals surface area (Å²) in [6, 6.07) is 5.46. The highest BCUT2D eigenvalue weighted by Crippen LogP contribution is 2.24. The van der Waals surface area contributed by atoms with Gasteiger partial charge < -0.3 is 5.11 Å². The van der Waals surface area contributed by atoms with Gasteiger partial charge in [0.05, 0.1) is 0 Å². The van der Waals surface area contributed by atoms with Crippen LogP contribution in [-0.4, -0.2) is 28.6 Å². The van der Waals surface area contributed by atoms with Gasteiger partial charge in [-0.25, -0.2) is 9.18 Å². The van der Waals surface area contributed by atoms with Gasteiger partial charge in [0.2, 0.25) is 0 Å². The number of nitrogens with zero attached hydrogens (tertiary/aromatic N) is 1. The van der Waals surface area contributed by atoms with Gasteiger partial charge in [0.1, 0.15) is 5.82 Å². The van der Waals surface area contributed by atoms with Crippen LogP contribution in [0.3, 0.4) is 0 Å². The minimum atomic E-state index is -1.07. The molecule has 0 saturated carbocycles. The Morgan fingerprint density at radius 2 is 2.19 bits per heavy atom. The number of piperidine rings is 1. The van der Waals surface area contributed by atoms with Crippen LogP contribution in [0.2, 0.25) is 0 Å². The van der Waals surface area contributed by atoms with Crippen LogP contribution in [0.5, 0.6) is 0 Å². The lowest BCUT2D eigenvalue weighted by Gasteiger charge is -2.36. The first kappa shape index (κ1) is 15.7. The Bertz CT molecular complexity index is 542. The molecule has 0 bridgehead atoms. The number of aliphatic carboxylic acids is 1. The molecule has 2 unspecified atom stereocenters. The molecule has 0 spiro atoms. The van der Waals surface area contributed by atoms with Crippen molar-refractivity contribution >= 4 is 12.0 Å². The second-order valence-corrected chi connectivity index (χ2v) is 5.99. The maximum Gasteiger partial charge on any atom is 0.328 e.